The molecule has 1 aromatic rings. The number of amides is 4. The fourth-order valence-corrected chi connectivity index (χ4v) is 4.65. The molecule has 2 fully saturated rings. The van der Waals surface area contributed by atoms with Crippen LogP contribution >= 0.6 is 0 Å². The summed E-state index contributed by atoms with van der Waals surface area (Å²) in [5, 5.41) is 2.84. The zero-order valence-electron chi connectivity index (χ0n) is 15.7. The largest absolute Gasteiger partial charge is 0.493 e. The maximum atomic E-state index is 13.3. The minimum atomic E-state index is -1.13. The number of carbonyl (C=O) groups excluding carboxylic acids is 3. The van der Waals surface area contributed by atoms with Gasteiger partial charge in [-0.1, -0.05) is 18.2 Å². The third-order valence-electron chi connectivity index (χ3n) is 6.03. The summed E-state index contributed by atoms with van der Waals surface area (Å²) in [4.78, 5) is 41.7. The zero-order valence-corrected chi connectivity index (χ0v) is 15.7. The van der Waals surface area contributed by atoms with Gasteiger partial charge in [-0.15, -0.1) is 0 Å². The van der Waals surface area contributed by atoms with Crippen molar-refractivity contribution in [2.45, 2.75) is 57.2 Å². The molecule has 3 atom stereocenters. The molecule has 7 nitrogen and oxygen atoms in total. The highest BCUT2D eigenvalue weighted by Crippen LogP contribution is 2.41. The maximum absolute atomic E-state index is 13.3. The van der Waals surface area contributed by atoms with Gasteiger partial charge in [-0.3, -0.25) is 14.5 Å². The quantitative estimate of drug-likeness (QED) is 0.807. The first-order chi connectivity index (χ1) is 12.9. The summed E-state index contributed by atoms with van der Waals surface area (Å²) >= 11 is 0. The second-order valence-electron chi connectivity index (χ2n) is 7.75. The highest BCUT2D eigenvalue weighted by molar-refractivity contribution is 6.09. The molecule has 4 rings (SSSR count). The lowest BCUT2D eigenvalue weighted by molar-refractivity contribution is -0.143. The van der Waals surface area contributed by atoms with Gasteiger partial charge in [0.15, 0.2) is 5.54 Å². The van der Waals surface area contributed by atoms with E-state index in [0.717, 1.165) is 24.2 Å². The highest BCUT2D eigenvalue weighted by Gasteiger charge is 2.55. The van der Waals surface area contributed by atoms with E-state index in [2.05, 4.69) is 5.32 Å². The van der Waals surface area contributed by atoms with Crippen molar-refractivity contribution in [3.8, 4) is 5.75 Å². The van der Waals surface area contributed by atoms with Crippen LogP contribution in [-0.4, -0.2) is 52.9 Å². The van der Waals surface area contributed by atoms with E-state index in [1.54, 1.807) is 12.1 Å². The Hall–Kier alpha value is -2.57. The van der Waals surface area contributed by atoms with Gasteiger partial charge < -0.3 is 15.0 Å². The van der Waals surface area contributed by atoms with Crippen LogP contribution in [0.3, 0.4) is 0 Å². The molecule has 0 aromatic heterocycles. The number of ether oxygens (including phenoxy) is 1. The maximum Gasteiger partial charge on any atom is 0.325 e. The molecule has 3 aliphatic rings. The molecule has 3 heterocycles. The van der Waals surface area contributed by atoms with E-state index in [1.165, 1.54) is 0 Å². The van der Waals surface area contributed by atoms with Gasteiger partial charge in [-0.2, -0.15) is 0 Å². The van der Waals surface area contributed by atoms with Crippen molar-refractivity contribution in [3.05, 3.63) is 29.8 Å². The van der Waals surface area contributed by atoms with Crippen LogP contribution in [0.15, 0.2) is 24.3 Å². The van der Waals surface area contributed by atoms with Crippen molar-refractivity contribution in [2.75, 3.05) is 13.2 Å². The topological polar surface area (TPSA) is 79.0 Å². The van der Waals surface area contributed by atoms with E-state index in [0.29, 0.717) is 24.3 Å². The van der Waals surface area contributed by atoms with Crippen molar-refractivity contribution in [1.29, 1.82) is 0 Å². The molecule has 27 heavy (non-hydrogen) atoms. The molecule has 0 aliphatic carbocycles. The Balaban J connectivity index is 1.59. The molecule has 0 radical (unpaired) electrons. The number of rotatable bonds is 2. The van der Waals surface area contributed by atoms with Gasteiger partial charge in [-0.25, -0.2) is 4.79 Å². The number of urea groups is 1. The first-order valence-electron chi connectivity index (χ1n) is 9.61. The number of nitrogens with one attached hydrogen (secondary N) is 1. The van der Waals surface area contributed by atoms with Crippen LogP contribution in [0.4, 0.5) is 4.79 Å². The van der Waals surface area contributed by atoms with Crippen LogP contribution in [0.25, 0.3) is 0 Å². The third kappa shape index (κ3) is 2.76. The van der Waals surface area contributed by atoms with Crippen molar-refractivity contribution in [1.82, 2.24) is 15.1 Å². The number of imide groups is 1. The lowest BCUT2D eigenvalue weighted by Gasteiger charge is -2.39. The third-order valence-corrected chi connectivity index (χ3v) is 6.03. The standard InChI is InChI=1S/C20H25N3O4/c1-13-6-5-7-14(2)23(13)17(24)12-22-18(25)20(21-19(22)26)10-11-27-16-9-4-3-8-15(16)20/h3-4,8-9,13-14H,5-7,10-12H2,1-2H3,(H,21,26)/t13-,14-,20-/m0/s1. The van der Waals surface area contributed by atoms with E-state index >= 15 is 0 Å². The Morgan fingerprint density at radius 2 is 1.93 bits per heavy atom. The lowest BCUT2D eigenvalue weighted by atomic mass is 9.84. The van der Waals surface area contributed by atoms with Crippen molar-refractivity contribution in [3.63, 3.8) is 0 Å². The monoisotopic (exact) mass is 371 g/mol. The van der Waals surface area contributed by atoms with Gasteiger partial charge in [0.2, 0.25) is 5.91 Å². The number of fused-ring (bicyclic) bond motifs is 2. The Kier molecular flexibility index (Phi) is 4.32. The van der Waals surface area contributed by atoms with Gasteiger partial charge in [0.1, 0.15) is 12.3 Å². The van der Waals surface area contributed by atoms with Gasteiger partial charge in [0.05, 0.1) is 6.61 Å². The minimum absolute atomic E-state index is 0.125. The molecule has 3 aliphatic heterocycles. The summed E-state index contributed by atoms with van der Waals surface area (Å²) in [5.74, 6) is 0.0633. The molecule has 1 N–H and O–H groups in total. The number of likely N-dealkylation sites (tertiary alicyclic amines) is 1. The fraction of sp³-hybridized carbons (Fsp3) is 0.550. The second-order valence-corrected chi connectivity index (χ2v) is 7.75. The molecule has 4 amide bonds. The average Bonchev–Trinajstić information content (AvgIpc) is 2.87. The average molecular weight is 371 g/mol. The number of hydrogen-bond acceptors (Lipinski definition) is 4. The summed E-state index contributed by atoms with van der Waals surface area (Å²) in [6.45, 7) is 4.17. The summed E-state index contributed by atoms with van der Waals surface area (Å²) in [6, 6.07) is 6.98. The summed E-state index contributed by atoms with van der Waals surface area (Å²) < 4.78 is 5.64. The van der Waals surface area contributed by atoms with E-state index in [4.69, 9.17) is 4.74 Å². The first kappa shape index (κ1) is 17.8. The van der Waals surface area contributed by atoms with Crippen LogP contribution in [-0.2, 0) is 15.1 Å². The molecule has 0 saturated carbocycles. The molecule has 2 saturated heterocycles. The first-order valence-corrected chi connectivity index (χ1v) is 9.61. The van der Waals surface area contributed by atoms with Crippen LogP contribution in [0.1, 0.15) is 45.1 Å². The number of hydrogen-bond donors (Lipinski definition) is 1. The predicted octanol–water partition coefficient (Wildman–Crippen LogP) is 2.01. The van der Waals surface area contributed by atoms with Crippen molar-refractivity contribution < 1.29 is 19.1 Å². The van der Waals surface area contributed by atoms with Crippen molar-refractivity contribution in [2.24, 2.45) is 0 Å². The lowest BCUT2D eigenvalue weighted by Crippen LogP contribution is -2.52. The Bertz CT molecular complexity index is 785. The summed E-state index contributed by atoms with van der Waals surface area (Å²) in [6.07, 6.45) is 3.35. The summed E-state index contributed by atoms with van der Waals surface area (Å²) in [5.41, 5.74) is -0.477. The molecular formula is C20H25N3O4. The molecular weight excluding hydrogens is 346 g/mol. The minimum Gasteiger partial charge on any atom is -0.493 e. The SMILES string of the molecule is C[C@H]1CCC[C@H](C)N1C(=O)CN1C(=O)N[C@]2(CCOc3ccccc32)C1=O. The molecule has 1 spiro atoms. The molecule has 144 valence electrons. The van der Waals surface area contributed by atoms with Crippen LogP contribution in [0, 0.1) is 0 Å². The second kappa shape index (κ2) is 6.55. The number of benzene rings is 1. The van der Waals surface area contributed by atoms with E-state index in [1.807, 2.05) is 30.9 Å². The normalized spacial score (nSPS) is 30.1. The highest BCUT2D eigenvalue weighted by atomic mass is 16.5. The Morgan fingerprint density at radius 1 is 1.22 bits per heavy atom. The van der Waals surface area contributed by atoms with Gasteiger partial charge in [0.25, 0.3) is 5.91 Å². The molecule has 0 bridgehead atoms. The van der Waals surface area contributed by atoms with Crippen LogP contribution < -0.4 is 10.1 Å². The summed E-state index contributed by atoms with van der Waals surface area (Å²) in [7, 11) is 0. The van der Waals surface area contributed by atoms with Gasteiger partial charge >= 0.3 is 6.03 Å². The zero-order chi connectivity index (χ0) is 19.2. The molecule has 0 unspecified atom stereocenters. The van der Waals surface area contributed by atoms with Gasteiger partial charge in [0, 0.05) is 24.1 Å². The molecule has 7 heteroatoms. The van der Waals surface area contributed by atoms with Crippen LogP contribution in [0.2, 0.25) is 0 Å². The number of para-hydroxylation sites is 1. The van der Waals surface area contributed by atoms with Crippen LogP contribution in [0.5, 0.6) is 5.75 Å². The smallest absolute Gasteiger partial charge is 0.325 e. The number of nitrogens with zero attached hydrogens (tertiary/aromatic N) is 2. The van der Waals surface area contributed by atoms with E-state index < -0.39 is 11.6 Å². The Morgan fingerprint density at radius 3 is 2.67 bits per heavy atom. The number of carbonyl (C=O) groups is 3. The van der Waals surface area contributed by atoms with E-state index in [9.17, 15) is 14.4 Å². The van der Waals surface area contributed by atoms with Crippen molar-refractivity contribution >= 4 is 17.8 Å². The number of piperidine rings is 1. The van der Waals surface area contributed by atoms with E-state index in [-0.39, 0.29) is 30.4 Å². The Labute approximate surface area is 158 Å². The fourth-order valence-electron chi connectivity index (χ4n) is 4.65. The van der Waals surface area contributed by atoms with Gasteiger partial charge in [-0.05, 0) is 39.2 Å². The molecule has 1 aromatic carbocycles. The predicted molar refractivity (Wildman–Crippen MR) is 98.1 cm³/mol.